The lowest BCUT2D eigenvalue weighted by molar-refractivity contribution is 0.400. The molecule has 0 radical (unpaired) electrons. The lowest BCUT2D eigenvalue weighted by Crippen LogP contribution is -2.25. The van der Waals surface area contributed by atoms with E-state index in [1.54, 1.807) is 0 Å². The topological polar surface area (TPSA) is 26.0 Å². The Balaban J connectivity index is 1.67. The van der Waals surface area contributed by atoms with E-state index in [0.717, 1.165) is 11.8 Å². The van der Waals surface area contributed by atoms with Crippen LogP contribution in [0.15, 0.2) is 0 Å². The molecule has 0 bridgehead atoms. The van der Waals surface area contributed by atoms with Crippen molar-refractivity contribution in [3.8, 4) is 0 Å². The lowest BCUT2D eigenvalue weighted by atomic mass is 9.93. The Bertz CT molecular complexity index is 177. The Kier molecular flexibility index (Phi) is 2.89. The molecule has 1 heterocycles. The molecule has 1 nitrogen and oxygen atoms in total. The third kappa shape index (κ3) is 2.41. The van der Waals surface area contributed by atoms with Crippen molar-refractivity contribution in [3.05, 3.63) is 0 Å². The highest BCUT2D eigenvalue weighted by atomic mass is 32.2. The van der Waals surface area contributed by atoms with Crippen LogP contribution in [0.4, 0.5) is 0 Å². The second kappa shape index (κ2) is 3.82. The summed E-state index contributed by atoms with van der Waals surface area (Å²) in [5.41, 5.74) is 6.46. The van der Waals surface area contributed by atoms with Gasteiger partial charge in [0.1, 0.15) is 0 Å². The van der Waals surface area contributed by atoms with Gasteiger partial charge in [-0.2, -0.15) is 11.8 Å². The van der Waals surface area contributed by atoms with Crippen LogP contribution in [0.1, 0.15) is 39.0 Å². The van der Waals surface area contributed by atoms with Crippen LogP contribution in [0, 0.1) is 11.8 Å². The number of hydrogen-bond donors (Lipinski definition) is 1. The molecule has 2 atom stereocenters. The highest BCUT2D eigenvalue weighted by molar-refractivity contribution is 7.99. The van der Waals surface area contributed by atoms with Crippen molar-refractivity contribution in [1.29, 1.82) is 0 Å². The third-order valence-corrected chi connectivity index (χ3v) is 4.92. The van der Waals surface area contributed by atoms with Crippen molar-refractivity contribution in [2.75, 3.05) is 11.5 Å². The van der Waals surface area contributed by atoms with Crippen molar-refractivity contribution >= 4 is 11.8 Å². The van der Waals surface area contributed by atoms with Crippen LogP contribution in [0.25, 0.3) is 0 Å². The molecule has 76 valence electrons. The minimum absolute atomic E-state index is 0.255. The third-order valence-electron chi connectivity index (χ3n) is 3.87. The van der Waals surface area contributed by atoms with Crippen LogP contribution in [0.5, 0.6) is 0 Å². The molecule has 1 saturated heterocycles. The molecule has 2 unspecified atom stereocenters. The van der Waals surface area contributed by atoms with Crippen LogP contribution >= 0.6 is 11.8 Å². The van der Waals surface area contributed by atoms with E-state index in [0.29, 0.717) is 0 Å². The zero-order valence-corrected chi connectivity index (χ0v) is 9.41. The van der Waals surface area contributed by atoms with Crippen molar-refractivity contribution in [2.24, 2.45) is 17.6 Å². The second-order valence-corrected chi connectivity index (χ2v) is 6.16. The average molecular weight is 199 g/mol. The van der Waals surface area contributed by atoms with Crippen molar-refractivity contribution < 1.29 is 0 Å². The standard InChI is InChI=1S/C11H21NS/c1-9-8-11(9,12)5-2-10-3-6-13-7-4-10/h9-10H,2-8,12H2,1H3. The average Bonchev–Trinajstić information content (AvgIpc) is 2.74. The van der Waals surface area contributed by atoms with Gasteiger partial charge < -0.3 is 5.73 Å². The SMILES string of the molecule is CC1CC1(N)CCC1CCSCC1. The van der Waals surface area contributed by atoms with Crippen molar-refractivity contribution in [1.82, 2.24) is 0 Å². The minimum atomic E-state index is 0.255. The molecule has 2 rings (SSSR count). The highest BCUT2D eigenvalue weighted by Gasteiger charge is 2.46. The van der Waals surface area contributed by atoms with E-state index in [4.69, 9.17) is 5.73 Å². The summed E-state index contributed by atoms with van der Waals surface area (Å²) in [4.78, 5) is 0. The van der Waals surface area contributed by atoms with E-state index >= 15 is 0 Å². The molecule has 0 aromatic rings. The van der Waals surface area contributed by atoms with E-state index in [9.17, 15) is 0 Å². The van der Waals surface area contributed by atoms with Gasteiger partial charge in [-0.1, -0.05) is 6.92 Å². The molecule has 0 spiro atoms. The fourth-order valence-corrected chi connectivity index (χ4v) is 3.57. The van der Waals surface area contributed by atoms with Gasteiger partial charge in [0.05, 0.1) is 0 Å². The summed E-state index contributed by atoms with van der Waals surface area (Å²) >= 11 is 2.12. The molecule has 0 aromatic carbocycles. The van der Waals surface area contributed by atoms with Crippen molar-refractivity contribution in [2.45, 2.75) is 44.6 Å². The van der Waals surface area contributed by atoms with Crippen molar-refractivity contribution in [3.63, 3.8) is 0 Å². The minimum Gasteiger partial charge on any atom is -0.325 e. The maximum absolute atomic E-state index is 6.20. The first-order chi connectivity index (χ1) is 6.21. The zero-order valence-electron chi connectivity index (χ0n) is 8.59. The maximum Gasteiger partial charge on any atom is 0.0184 e. The first-order valence-electron chi connectivity index (χ1n) is 5.57. The van der Waals surface area contributed by atoms with E-state index in [1.807, 2.05) is 0 Å². The molecular weight excluding hydrogens is 178 g/mol. The van der Waals surface area contributed by atoms with Gasteiger partial charge in [0, 0.05) is 5.54 Å². The Labute approximate surface area is 85.8 Å². The molecule has 0 amide bonds. The molecule has 13 heavy (non-hydrogen) atoms. The van der Waals surface area contributed by atoms with Gasteiger partial charge in [-0.05, 0) is 55.4 Å². The molecule has 0 aromatic heterocycles. The van der Waals surface area contributed by atoms with E-state index in [1.165, 1.54) is 43.6 Å². The molecule has 2 aliphatic rings. The van der Waals surface area contributed by atoms with Gasteiger partial charge >= 0.3 is 0 Å². The summed E-state index contributed by atoms with van der Waals surface area (Å²) in [6.45, 7) is 2.29. The first-order valence-corrected chi connectivity index (χ1v) is 6.73. The molecule has 1 saturated carbocycles. The fraction of sp³-hybridized carbons (Fsp3) is 1.00. The first kappa shape index (κ1) is 9.85. The van der Waals surface area contributed by atoms with Gasteiger partial charge in [0.15, 0.2) is 0 Å². The van der Waals surface area contributed by atoms with Crippen LogP contribution in [-0.2, 0) is 0 Å². The monoisotopic (exact) mass is 199 g/mol. The smallest absolute Gasteiger partial charge is 0.0184 e. The van der Waals surface area contributed by atoms with Gasteiger partial charge in [0.25, 0.3) is 0 Å². The van der Waals surface area contributed by atoms with Crippen LogP contribution in [0.2, 0.25) is 0 Å². The Morgan fingerprint density at radius 3 is 2.54 bits per heavy atom. The molecule has 2 heteroatoms. The predicted octanol–water partition coefficient (Wildman–Crippen LogP) is 2.65. The number of hydrogen-bond acceptors (Lipinski definition) is 2. The van der Waals surface area contributed by atoms with E-state index in [2.05, 4.69) is 18.7 Å². The number of rotatable bonds is 3. The van der Waals surface area contributed by atoms with Gasteiger partial charge in [-0.3, -0.25) is 0 Å². The van der Waals surface area contributed by atoms with Gasteiger partial charge in [-0.15, -0.1) is 0 Å². The number of thioether (sulfide) groups is 1. The van der Waals surface area contributed by atoms with E-state index < -0.39 is 0 Å². The summed E-state index contributed by atoms with van der Waals surface area (Å²) in [5.74, 6) is 4.57. The van der Waals surface area contributed by atoms with Crippen LogP contribution in [-0.4, -0.2) is 17.0 Å². The lowest BCUT2D eigenvalue weighted by Gasteiger charge is -2.22. The molecule has 2 N–H and O–H groups in total. The Morgan fingerprint density at radius 2 is 2.00 bits per heavy atom. The second-order valence-electron chi connectivity index (χ2n) is 4.93. The molecular formula is C11H21NS. The maximum atomic E-state index is 6.20. The summed E-state index contributed by atoms with van der Waals surface area (Å²) in [6, 6.07) is 0. The zero-order chi connectivity index (χ0) is 9.31. The number of nitrogens with two attached hydrogens (primary N) is 1. The highest BCUT2D eigenvalue weighted by Crippen LogP contribution is 2.45. The summed E-state index contributed by atoms with van der Waals surface area (Å²) in [6.07, 6.45) is 6.82. The normalized spacial score (nSPS) is 40.6. The molecule has 2 fully saturated rings. The molecule has 1 aliphatic carbocycles. The van der Waals surface area contributed by atoms with Gasteiger partial charge in [0.2, 0.25) is 0 Å². The quantitative estimate of drug-likeness (QED) is 0.756. The molecule has 1 aliphatic heterocycles. The summed E-state index contributed by atoms with van der Waals surface area (Å²) in [5, 5.41) is 0. The predicted molar refractivity (Wildman–Crippen MR) is 60.0 cm³/mol. The Hall–Kier alpha value is 0.310. The largest absolute Gasteiger partial charge is 0.325 e. The Morgan fingerprint density at radius 1 is 1.38 bits per heavy atom. The fourth-order valence-electron chi connectivity index (χ4n) is 2.37. The van der Waals surface area contributed by atoms with Gasteiger partial charge in [-0.25, -0.2) is 0 Å². The van der Waals surface area contributed by atoms with Crippen LogP contribution < -0.4 is 5.73 Å². The summed E-state index contributed by atoms with van der Waals surface area (Å²) < 4.78 is 0. The van der Waals surface area contributed by atoms with E-state index in [-0.39, 0.29) is 5.54 Å². The summed E-state index contributed by atoms with van der Waals surface area (Å²) in [7, 11) is 0. The van der Waals surface area contributed by atoms with Crippen LogP contribution in [0.3, 0.4) is 0 Å².